The van der Waals surface area contributed by atoms with Gasteiger partial charge in [0.2, 0.25) is 0 Å². The molecule has 1 heterocycles. The van der Waals surface area contributed by atoms with Crippen LogP contribution in [-0.2, 0) is 28.6 Å². The number of esters is 3. The highest BCUT2D eigenvalue weighted by Crippen LogP contribution is 2.31. The van der Waals surface area contributed by atoms with Crippen LogP contribution in [-0.4, -0.2) is 36.2 Å². The zero-order chi connectivity index (χ0) is 17.7. The summed E-state index contributed by atoms with van der Waals surface area (Å²) < 4.78 is 30.1. The number of hydrogen-bond acceptors (Lipinski definition) is 6. The Morgan fingerprint density at radius 1 is 1.17 bits per heavy atom. The van der Waals surface area contributed by atoms with Crippen molar-refractivity contribution in [2.75, 3.05) is 0 Å². The second-order valence-electron chi connectivity index (χ2n) is 5.22. The van der Waals surface area contributed by atoms with E-state index in [2.05, 4.69) is 0 Å². The van der Waals surface area contributed by atoms with Gasteiger partial charge in [0.25, 0.3) is 0 Å². The van der Waals surface area contributed by atoms with Crippen LogP contribution >= 0.6 is 0 Å². The van der Waals surface area contributed by atoms with E-state index in [1.165, 1.54) is 25.1 Å². The molecule has 0 spiro atoms. The largest absolute Gasteiger partial charge is 0.455 e. The average Bonchev–Trinajstić information content (AvgIpc) is 2.54. The zero-order valence-corrected chi connectivity index (χ0v) is 13.2. The number of cyclic esters (lactones) is 1. The molecule has 0 fully saturated rings. The lowest BCUT2D eigenvalue weighted by Gasteiger charge is -2.34. The fourth-order valence-electron chi connectivity index (χ4n) is 2.39. The Morgan fingerprint density at radius 2 is 1.83 bits per heavy atom. The Hall–Kier alpha value is -2.70. The number of rotatable bonds is 5. The second kappa shape index (κ2) is 7.72. The van der Waals surface area contributed by atoms with Crippen LogP contribution in [0.5, 0.6) is 0 Å². The summed E-state index contributed by atoms with van der Waals surface area (Å²) in [4.78, 5) is 34.2. The van der Waals surface area contributed by atoms with Crippen molar-refractivity contribution in [1.82, 2.24) is 0 Å². The number of carbonyl (C=O) groups excluding carboxylic acids is 3. The molecule has 0 bridgehead atoms. The molecule has 1 aliphatic heterocycles. The molecule has 1 aromatic carbocycles. The topological polar surface area (TPSA) is 78.9 Å². The summed E-state index contributed by atoms with van der Waals surface area (Å²) in [6, 6.07) is 8.00. The van der Waals surface area contributed by atoms with Crippen molar-refractivity contribution in [3.8, 4) is 0 Å². The van der Waals surface area contributed by atoms with Gasteiger partial charge >= 0.3 is 17.9 Å². The first-order valence-corrected chi connectivity index (χ1v) is 7.30. The fraction of sp³-hybridized carbons (Fsp3) is 0.353. The number of benzene rings is 1. The number of hydrogen-bond donors (Lipinski definition) is 0. The summed E-state index contributed by atoms with van der Waals surface area (Å²) in [5, 5.41) is 0. The van der Waals surface area contributed by atoms with Gasteiger partial charge in [-0.1, -0.05) is 30.3 Å². The van der Waals surface area contributed by atoms with E-state index in [1.807, 2.05) is 0 Å². The lowest BCUT2D eigenvalue weighted by atomic mass is 9.96. The quantitative estimate of drug-likeness (QED) is 0.605. The van der Waals surface area contributed by atoms with Crippen molar-refractivity contribution in [3.05, 3.63) is 48.0 Å². The van der Waals surface area contributed by atoms with Gasteiger partial charge in [-0.05, 0) is 11.6 Å². The molecule has 6 nitrogen and oxygen atoms in total. The first kappa shape index (κ1) is 17.7. The summed E-state index contributed by atoms with van der Waals surface area (Å²) in [6.07, 6.45) is -3.20. The maximum absolute atomic E-state index is 14.9. The van der Waals surface area contributed by atoms with Crippen molar-refractivity contribution in [1.29, 1.82) is 0 Å². The van der Waals surface area contributed by atoms with Gasteiger partial charge in [-0.2, -0.15) is 0 Å². The maximum atomic E-state index is 14.9. The molecule has 0 aromatic heterocycles. The molecule has 0 aliphatic carbocycles. The van der Waals surface area contributed by atoms with Gasteiger partial charge in [-0.15, -0.1) is 0 Å². The van der Waals surface area contributed by atoms with Crippen molar-refractivity contribution >= 4 is 17.9 Å². The zero-order valence-electron chi connectivity index (χ0n) is 13.2. The van der Waals surface area contributed by atoms with Gasteiger partial charge in [0, 0.05) is 19.9 Å². The van der Waals surface area contributed by atoms with E-state index in [1.54, 1.807) is 18.2 Å². The Kier molecular flexibility index (Phi) is 5.68. The Bertz CT molecular complexity index is 642. The van der Waals surface area contributed by atoms with Gasteiger partial charge in [-0.25, -0.2) is 9.18 Å². The molecule has 1 aromatic rings. The van der Waals surface area contributed by atoms with Crippen LogP contribution in [0, 0.1) is 0 Å². The Labute approximate surface area is 138 Å². The van der Waals surface area contributed by atoms with Gasteiger partial charge in [0.1, 0.15) is 0 Å². The van der Waals surface area contributed by atoms with Crippen molar-refractivity contribution in [2.45, 2.75) is 38.3 Å². The van der Waals surface area contributed by atoms with Crippen molar-refractivity contribution in [3.63, 3.8) is 0 Å². The first-order valence-electron chi connectivity index (χ1n) is 7.30. The lowest BCUT2D eigenvalue weighted by molar-refractivity contribution is -0.185. The molecule has 2 rings (SSSR count). The minimum atomic E-state index is -1.77. The molecule has 0 saturated carbocycles. The fourth-order valence-corrected chi connectivity index (χ4v) is 2.39. The van der Waals surface area contributed by atoms with Crippen LogP contribution in [0.25, 0.3) is 0 Å². The summed E-state index contributed by atoms with van der Waals surface area (Å²) in [5.41, 5.74) is 0.246. The van der Waals surface area contributed by atoms with Crippen LogP contribution in [0.3, 0.4) is 0 Å². The smallest absolute Gasteiger partial charge is 0.331 e. The third-order valence-electron chi connectivity index (χ3n) is 3.33. The van der Waals surface area contributed by atoms with Gasteiger partial charge in [0.15, 0.2) is 24.5 Å². The molecule has 0 N–H and O–H groups in total. The SMILES string of the molecule is CC(=O)OC1C=CC(=O)OC1C(OC(C)=O)C(F)c1ccccc1. The Morgan fingerprint density at radius 3 is 2.42 bits per heavy atom. The summed E-state index contributed by atoms with van der Waals surface area (Å²) in [5.74, 6) is -2.11. The summed E-state index contributed by atoms with van der Waals surface area (Å²) in [6.45, 7) is 2.29. The molecule has 4 unspecified atom stereocenters. The third-order valence-corrected chi connectivity index (χ3v) is 3.33. The molecule has 24 heavy (non-hydrogen) atoms. The predicted molar refractivity (Wildman–Crippen MR) is 80.4 cm³/mol. The van der Waals surface area contributed by atoms with Crippen LogP contribution in [0.15, 0.2) is 42.5 Å². The highest BCUT2D eigenvalue weighted by atomic mass is 19.1. The molecular weight excluding hydrogens is 319 g/mol. The van der Waals surface area contributed by atoms with E-state index in [9.17, 15) is 18.8 Å². The average molecular weight is 336 g/mol. The monoisotopic (exact) mass is 336 g/mol. The predicted octanol–water partition coefficient (Wildman–Crippen LogP) is 2.04. The van der Waals surface area contributed by atoms with Crippen LogP contribution in [0.2, 0.25) is 0 Å². The number of alkyl halides is 1. The second-order valence-corrected chi connectivity index (χ2v) is 5.22. The molecule has 4 atom stereocenters. The molecule has 0 amide bonds. The van der Waals surface area contributed by atoms with E-state index in [4.69, 9.17) is 14.2 Å². The molecule has 1 aliphatic rings. The normalized spacial score (nSPS) is 22.2. The molecule has 7 heteroatoms. The van der Waals surface area contributed by atoms with Crippen LogP contribution < -0.4 is 0 Å². The lowest BCUT2D eigenvalue weighted by Crippen LogP contribution is -2.48. The van der Waals surface area contributed by atoms with Crippen molar-refractivity contribution < 1.29 is 33.0 Å². The maximum Gasteiger partial charge on any atom is 0.331 e. The Balaban J connectivity index is 2.33. The molecule has 128 valence electrons. The van der Waals surface area contributed by atoms with Gasteiger partial charge in [0.05, 0.1) is 0 Å². The molecular formula is C17H17FO6. The van der Waals surface area contributed by atoms with E-state index in [0.717, 1.165) is 13.0 Å². The van der Waals surface area contributed by atoms with Crippen LogP contribution in [0.4, 0.5) is 4.39 Å². The van der Waals surface area contributed by atoms with Gasteiger partial charge in [-0.3, -0.25) is 9.59 Å². The van der Waals surface area contributed by atoms with E-state index < -0.39 is 42.4 Å². The van der Waals surface area contributed by atoms with Crippen molar-refractivity contribution in [2.24, 2.45) is 0 Å². The number of halogens is 1. The van der Waals surface area contributed by atoms with E-state index in [-0.39, 0.29) is 5.56 Å². The van der Waals surface area contributed by atoms with E-state index in [0.29, 0.717) is 0 Å². The van der Waals surface area contributed by atoms with Crippen LogP contribution in [0.1, 0.15) is 25.6 Å². The number of carbonyl (C=O) groups is 3. The standard InChI is InChI=1S/C17H17FO6/c1-10(19)22-13-8-9-14(21)24-16(13)17(23-11(2)20)15(18)12-6-4-3-5-7-12/h3-9,13,15-17H,1-2H3. The molecule has 0 saturated heterocycles. The third kappa shape index (κ3) is 4.41. The van der Waals surface area contributed by atoms with E-state index >= 15 is 0 Å². The minimum absolute atomic E-state index is 0.246. The number of ether oxygens (including phenoxy) is 3. The van der Waals surface area contributed by atoms with Gasteiger partial charge < -0.3 is 14.2 Å². The summed E-state index contributed by atoms with van der Waals surface area (Å²) in [7, 11) is 0. The highest BCUT2D eigenvalue weighted by molar-refractivity contribution is 5.83. The highest BCUT2D eigenvalue weighted by Gasteiger charge is 2.43. The summed E-state index contributed by atoms with van der Waals surface area (Å²) >= 11 is 0. The minimum Gasteiger partial charge on any atom is -0.455 e. The first-order chi connectivity index (χ1) is 11.4. The molecule has 0 radical (unpaired) electrons.